The summed E-state index contributed by atoms with van der Waals surface area (Å²) in [4.78, 5) is 0. The van der Waals surface area contributed by atoms with Gasteiger partial charge in [-0.05, 0) is 29.9 Å². The van der Waals surface area contributed by atoms with E-state index in [1.54, 1.807) is 12.1 Å². The van der Waals surface area contributed by atoms with Crippen molar-refractivity contribution in [3.8, 4) is 0 Å². The molecule has 98 valence electrons. The minimum Gasteiger partial charge on any atom is -0.358 e. The second kappa shape index (κ2) is 6.50. The largest absolute Gasteiger partial charge is 0.358 e. The molecule has 0 spiro atoms. The second-order valence-electron chi connectivity index (χ2n) is 3.89. The van der Waals surface area contributed by atoms with E-state index < -0.39 is 5.82 Å². The van der Waals surface area contributed by atoms with E-state index in [1.807, 2.05) is 30.3 Å². The van der Waals surface area contributed by atoms with Crippen LogP contribution in [0.15, 0.2) is 48.5 Å². The molecule has 0 aliphatic carbocycles. The Morgan fingerprint density at radius 1 is 1.11 bits per heavy atom. The molecule has 0 unspecified atom stereocenters. The lowest BCUT2D eigenvalue weighted by Gasteiger charge is -2.11. The van der Waals surface area contributed by atoms with Crippen molar-refractivity contribution in [1.82, 2.24) is 5.32 Å². The van der Waals surface area contributed by atoms with Gasteiger partial charge in [-0.1, -0.05) is 48.0 Å². The lowest BCUT2D eigenvalue weighted by molar-refractivity contribution is 0.632. The quantitative estimate of drug-likeness (QED) is 0.838. The van der Waals surface area contributed by atoms with Crippen LogP contribution in [-0.4, -0.2) is 5.11 Å². The Hall–Kier alpha value is -1.65. The lowest BCUT2D eigenvalue weighted by atomic mass is 10.2. The van der Waals surface area contributed by atoms with Crippen LogP contribution in [0.4, 0.5) is 10.1 Å². The summed E-state index contributed by atoms with van der Waals surface area (Å²) in [5, 5.41) is 6.20. The summed E-state index contributed by atoms with van der Waals surface area (Å²) >= 11 is 10.8. The molecule has 2 N–H and O–H groups in total. The third-order valence-corrected chi connectivity index (χ3v) is 3.03. The number of nitrogens with one attached hydrogen (secondary N) is 2. The third-order valence-electron chi connectivity index (χ3n) is 2.50. The van der Waals surface area contributed by atoms with E-state index in [0.717, 1.165) is 5.56 Å². The van der Waals surface area contributed by atoms with Crippen molar-refractivity contribution < 1.29 is 4.39 Å². The van der Waals surface area contributed by atoms with Crippen molar-refractivity contribution in [3.63, 3.8) is 0 Å². The van der Waals surface area contributed by atoms with Gasteiger partial charge in [0, 0.05) is 6.54 Å². The van der Waals surface area contributed by atoms with Crippen LogP contribution in [0.1, 0.15) is 5.56 Å². The lowest BCUT2D eigenvalue weighted by Crippen LogP contribution is -2.28. The molecule has 0 amide bonds. The van der Waals surface area contributed by atoms with E-state index in [9.17, 15) is 4.39 Å². The van der Waals surface area contributed by atoms with E-state index in [4.69, 9.17) is 23.8 Å². The van der Waals surface area contributed by atoms with Gasteiger partial charge in [0.1, 0.15) is 0 Å². The topological polar surface area (TPSA) is 24.1 Å². The zero-order valence-electron chi connectivity index (χ0n) is 9.99. The van der Waals surface area contributed by atoms with Gasteiger partial charge < -0.3 is 10.6 Å². The van der Waals surface area contributed by atoms with Gasteiger partial charge in [0.15, 0.2) is 10.9 Å². The van der Waals surface area contributed by atoms with Crippen LogP contribution >= 0.6 is 23.8 Å². The van der Waals surface area contributed by atoms with E-state index in [2.05, 4.69) is 10.6 Å². The molecule has 2 aromatic carbocycles. The minimum atomic E-state index is -0.506. The van der Waals surface area contributed by atoms with Crippen LogP contribution in [0, 0.1) is 5.82 Å². The Labute approximate surface area is 121 Å². The van der Waals surface area contributed by atoms with Gasteiger partial charge in [-0.15, -0.1) is 0 Å². The number of halogens is 2. The number of benzene rings is 2. The van der Waals surface area contributed by atoms with Gasteiger partial charge in [-0.25, -0.2) is 4.39 Å². The average molecular weight is 295 g/mol. The molecule has 19 heavy (non-hydrogen) atoms. The summed E-state index contributed by atoms with van der Waals surface area (Å²) < 4.78 is 13.6. The number of anilines is 1. The van der Waals surface area contributed by atoms with Crippen LogP contribution in [0.2, 0.25) is 5.02 Å². The molecule has 0 saturated carbocycles. The van der Waals surface area contributed by atoms with Gasteiger partial charge in [-0.2, -0.15) is 0 Å². The summed E-state index contributed by atoms with van der Waals surface area (Å²) in [5.74, 6) is -0.506. The molecule has 0 aliphatic rings. The first-order chi connectivity index (χ1) is 9.16. The van der Waals surface area contributed by atoms with Crippen molar-refractivity contribution in [2.24, 2.45) is 0 Å². The number of rotatable bonds is 3. The molecule has 5 heteroatoms. The van der Waals surface area contributed by atoms with Crippen molar-refractivity contribution in [1.29, 1.82) is 0 Å². The first kappa shape index (κ1) is 13.8. The Morgan fingerprint density at radius 2 is 1.84 bits per heavy atom. The summed E-state index contributed by atoms with van der Waals surface area (Å²) in [6.45, 7) is 0.578. The number of thiocarbonyl (C=S) groups is 1. The summed E-state index contributed by atoms with van der Waals surface area (Å²) in [5.41, 5.74) is 1.36. The monoisotopic (exact) mass is 294 g/mol. The molecule has 2 aromatic rings. The Balaban J connectivity index is 1.93. The first-order valence-corrected chi connectivity index (χ1v) is 6.48. The van der Waals surface area contributed by atoms with Crippen LogP contribution < -0.4 is 10.6 Å². The molecule has 0 heterocycles. The first-order valence-electron chi connectivity index (χ1n) is 5.69. The SMILES string of the molecule is Fc1c(Cl)cccc1NC(=S)NCc1ccccc1. The van der Waals surface area contributed by atoms with Crippen molar-refractivity contribution >= 4 is 34.6 Å². The Morgan fingerprint density at radius 3 is 2.58 bits per heavy atom. The predicted octanol–water partition coefficient (Wildman–Crippen LogP) is 3.97. The maximum Gasteiger partial charge on any atom is 0.171 e. The molecule has 0 radical (unpaired) electrons. The van der Waals surface area contributed by atoms with Gasteiger partial charge in [-0.3, -0.25) is 0 Å². The van der Waals surface area contributed by atoms with Gasteiger partial charge in [0.2, 0.25) is 0 Å². The fourth-order valence-electron chi connectivity index (χ4n) is 1.55. The second-order valence-corrected chi connectivity index (χ2v) is 4.71. The highest BCUT2D eigenvalue weighted by Crippen LogP contribution is 2.21. The summed E-state index contributed by atoms with van der Waals surface area (Å²) in [6, 6.07) is 14.5. The number of hydrogen-bond acceptors (Lipinski definition) is 1. The van der Waals surface area contributed by atoms with Gasteiger partial charge in [0.05, 0.1) is 10.7 Å². The average Bonchev–Trinajstić information content (AvgIpc) is 2.43. The van der Waals surface area contributed by atoms with E-state index in [-0.39, 0.29) is 10.7 Å². The summed E-state index contributed by atoms with van der Waals surface area (Å²) in [6.07, 6.45) is 0. The van der Waals surface area contributed by atoms with Crippen LogP contribution in [0.25, 0.3) is 0 Å². The molecule has 0 aliphatic heterocycles. The molecule has 2 nitrogen and oxygen atoms in total. The smallest absolute Gasteiger partial charge is 0.171 e. The van der Waals surface area contributed by atoms with Crippen LogP contribution in [-0.2, 0) is 6.54 Å². The third kappa shape index (κ3) is 3.91. The van der Waals surface area contributed by atoms with Crippen molar-refractivity contribution in [2.45, 2.75) is 6.54 Å². The number of hydrogen-bond donors (Lipinski definition) is 2. The predicted molar refractivity (Wildman–Crippen MR) is 80.9 cm³/mol. The molecular formula is C14H12ClFN2S. The fourth-order valence-corrected chi connectivity index (χ4v) is 1.90. The highest BCUT2D eigenvalue weighted by molar-refractivity contribution is 7.80. The van der Waals surface area contributed by atoms with E-state index in [0.29, 0.717) is 11.7 Å². The van der Waals surface area contributed by atoms with Crippen LogP contribution in [0.5, 0.6) is 0 Å². The maximum atomic E-state index is 13.6. The van der Waals surface area contributed by atoms with Crippen molar-refractivity contribution in [3.05, 3.63) is 64.9 Å². The van der Waals surface area contributed by atoms with Gasteiger partial charge in [0.25, 0.3) is 0 Å². The Kier molecular flexibility index (Phi) is 4.71. The summed E-state index contributed by atoms with van der Waals surface area (Å²) in [7, 11) is 0. The molecular weight excluding hydrogens is 283 g/mol. The normalized spacial score (nSPS) is 10.0. The highest BCUT2D eigenvalue weighted by Gasteiger charge is 2.07. The standard InChI is InChI=1S/C14H12ClFN2S/c15-11-7-4-8-12(13(11)16)18-14(19)17-9-10-5-2-1-3-6-10/h1-8H,9H2,(H2,17,18,19). The molecule has 0 aromatic heterocycles. The molecule has 0 fully saturated rings. The molecule has 0 atom stereocenters. The highest BCUT2D eigenvalue weighted by atomic mass is 35.5. The maximum absolute atomic E-state index is 13.6. The zero-order chi connectivity index (χ0) is 13.7. The van der Waals surface area contributed by atoms with Crippen LogP contribution in [0.3, 0.4) is 0 Å². The van der Waals surface area contributed by atoms with Gasteiger partial charge >= 0.3 is 0 Å². The molecule has 2 rings (SSSR count). The van der Waals surface area contributed by atoms with E-state index in [1.165, 1.54) is 6.07 Å². The minimum absolute atomic E-state index is 0.0656. The fraction of sp³-hybridized carbons (Fsp3) is 0.0714. The zero-order valence-corrected chi connectivity index (χ0v) is 11.6. The van der Waals surface area contributed by atoms with E-state index >= 15 is 0 Å². The Bertz CT molecular complexity index is 575. The molecule has 0 bridgehead atoms. The van der Waals surface area contributed by atoms with Crippen molar-refractivity contribution in [2.75, 3.05) is 5.32 Å². The molecule has 0 saturated heterocycles.